The summed E-state index contributed by atoms with van der Waals surface area (Å²) in [6.45, 7) is 0. The number of rotatable bonds is 2. The Morgan fingerprint density at radius 1 is 1.10 bits per heavy atom. The van der Waals surface area contributed by atoms with E-state index in [-0.39, 0.29) is 11.2 Å². The van der Waals surface area contributed by atoms with E-state index in [0.29, 0.717) is 10.9 Å². The zero-order valence-corrected chi connectivity index (χ0v) is 10.6. The minimum absolute atomic E-state index is 0.0852. The molecule has 20 heavy (non-hydrogen) atoms. The second-order valence-electron chi connectivity index (χ2n) is 4.29. The van der Waals surface area contributed by atoms with Crippen molar-refractivity contribution in [3.05, 3.63) is 62.9 Å². The number of benzene rings is 2. The number of hydrogen-bond acceptors (Lipinski definition) is 4. The van der Waals surface area contributed by atoms with Crippen LogP contribution in [0.2, 0.25) is 0 Å². The summed E-state index contributed by atoms with van der Waals surface area (Å²) >= 11 is 0. The molecule has 3 aromatic rings. The molecule has 0 saturated heterocycles. The van der Waals surface area contributed by atoms with Gasteiger partial charge in [-0.15, -0.1) is 4.73 Å². The van der Waals surface area contributed by atoms with Gasteiger partial charge in [-0.3, -0.25) is 14.9 Å². The monoisotopic (exact) mass is 270 g/mol. The average molecular weight is 270 g/mol. The zero-order valence-electron chi connectivity index (χ0n) is 10.6. The van der Waals surface area contributed by atoms with Crippen molar-refractivity contribution in [2.24, 2.45) is 0 Å². The molecule has 0 fully saturated rings. The molecule has 100 valence electrons. The summed E-state index contributed by atoms with van der Waals surface area (Å²) < 4.78 is 1.07. The van der Waals surface area contributed by atoms with Gasteiger partial charge in [-0.2, -0.15) is 0 Å². The highest BCUT2D eigenvalue weighted by molar-refractivity contribution is 6.05. The summed E-state index contributed by atoms with van der Waals surface area (Å²) in [6.07, 6.45) is 0. The van der Waals surface area contributed by atoms with Crippen LogP contribution in [0.25, 0.3) is 21.7 Å². The fourth-order valence-corrected chi connectivity index (χ4v) is 2.33. The van der Waals surface area contributed by atoms with Gasteiger partial charge in [0.05, 0.1) is 15.8 Å². The molecule has 0 atom stereocenters. The van der Waals surface area contributed by atoms with Crippen molar-refractivity contribution in [3.63, 3.8) is 0 Å². The molecular weight excluding hydrogens is 260 g/mol. The van der Waals surface area contributed by atoms with Gasteiger partial charge in [0, 0.05) is 17.5 Å². The predicted octanol–water partition coefficient (Wildman–Crippen LogP) is 2.12. The topological polar surface area (TPSA) is 74.4 Å². The maximum Gasteiger partial charge on any atom is 0.291 e. The number of nitro groups is 1. The van der Waals surface area contributed by atoms with Crippen LogP contribution < -0.4 is 10.4 Å². The van der Waals surface area contributed by atoms with E-state index in [4.69, 9.17) is 4.84 Å². The number of pyridine rings is 1. The lowest BCUT2D eigenvalue weighted by molar-refractivity contribution is -0.384. The van der Waals surface area contributed by atoms with E-state index in [1.807, 2.05) is 12.1 Å². The van der Waals surface area contributed by atoms with Gasteiger partial charge in [0.25, 0.3) is 11.2 Å². The largest absolute Gasteiger partial charge is 0.413 e. The molecule has 6 nitrogen and oxygen atoms in total. The van der Waals surface area contributed by atoms with Crippen molar-refractivity contribution in [2.45, 2.75) is 0 Å². The van der Waals surface area contributed by atoms with E-state index in [1.165, 1.54) is 19.2 Å². The molecule has 6 heteroatoms. The molecule has 0 N–H and O–H groups in total. The van der Waals surface area contributed by atoms with Crippen LogP contribution in [0.15, 0.2) is 47.3 Å². The van der Waals surface area contributed by atoms with Gasteiger partial charge in [-0.1, -0.05) is 18.2 Å². The van der Waals surface area contributed by atoms with Gasteiger partial charge in [-0.05, 0) is 17.5 Å². The first-order valence-electron chi connectivity index (χ1n) is 5.90. The number of hydrogen-bond donors (Lipinski definition) is 0. The Bertz CT molecular complexity index is 899. The third kappa shape index (κ3) is 1.62. The van der Waals surface area contributed by atoms with E-state index in [1.54, 1.807) is 18.2 Å². The highest BCUT2D eigenvalue weighted by Gasteiger charge is 2.14. The van der Waals surface area contributed by atoms with E-state index >= 15 is 0 Å². The lowest BCUT2D eigenvalue weighted by Gasteiger charge is -2.10. The van der Waals surface area contributed by atoms with Gasteiger partial charge in [0.2, 0.25) is 0 Å². The minimum atomic E-state index is -0.501. The summed E-state index contributed by atoms with van der Waals surface area (Å²) in [4.78, 5) is 27.8. The molecule has 3 rings (SSSR count). The van der Waals surface area contributed by atoms with Gasteiger partial charge in [0.15, 0.2) is 0 Å². The molecule has 0 aliphatic rings. The first-order chi connectivity index (χ1) is 9.63. The second-order valence-corrected chi connectivity index (χ2v) is 4.29. The van der Waals surface area contributed by atoms with Crippen molar-refractivity contribution in [3.8, 4) is 0 Å². The Hall–Kier alpha value is -2.89. The smallest absolute Gasteiger partial charge is 0.291 e. The molecule has 0 aliphatic carbocycles. The molecule has 0 aliphatic heterocycles. The third-order valence-corrected chi connectivity index (χ3v) is 3.23. The molecule has 0 bridgehead atoms. The van der Waals surface area contributed by atoms with Crippen molar-refractivity contribution in [2.75, 3.05) is 7.11 Å². The van der Waals surface area contributed by atoms with Gasteiger partial charge in [0.1, 0.15) is 7.11 Å². The number of aromatic nitrogens is 1. The van der Waals surface area contributed by atoms with Crippen LogP contribution in [-0.2, 0) is 0 Å². The number of nitrogens with zero attached hydrogens (tertiary/aromatic N) is 2. The fraction of sp³-hybridized carbons (Fsp3) is 0.0714. The second kappa shape index (κ2) is 4.34. The van der Waals surface area contributed by atoms with Crippen LogP contribution in [0.4, 0.5) is 5.69 Å². The first-order valence-corrected chi connectivity index (χ1v) is 5.90. The van der Waals surface area contributed by atoms with Crippen LogP contribution >= 0.6 is 0 Å². The van der Waals surface area contributed by atoms with Crippen molar-refractivity contribution < 1.29 is 9.76 Å². The lowest BCUT2D eigenvalue weighted by atomic mass is 10.1. The zero-order chi connectivity index (χ0) is 14.3. The van der Waals surface area contributed by atoms with Crippen molar-refractivity contribution in [1.29, 1.82) is 0 Å². The van der Waals surface area contributed by atoms with Crippen LogP contribution in [0.1, 0.15) is 0 Å². The molecule has 1 heterocycles. The summed E-state index contributed by atoms with van der Waals surface area (Å²) in [6, 6.07) is 11.5. The van der Waals surface area contributed by atoms with E-state index in [2.05, 4.69) is 0 Å². The Kier molecular flexibility index (Phi) is 2.64. The SMILES string of the molecule is COn1c(=O)c2ccccc2c2ccc([N+](=O)[O-])cc21. The number of nitro benzene ring substituents is 1. The number of non-ortho nitro benzene ring substituents is 1. The fourth-order valence-electron chi connectivity index (χ4n) is 2.33. The lowest BCUT2D eigenvalue weighted by Crippen LogP contribution is -2.25. The molecule has 0 unspecified atom stereocenters. The van der Waals surface area contributed by atoms with E-state index in [9.17, 15) is 14.9 Å². The van der Waals surface area contributed by atoms with E-state index in [0.717, 1.165) is 15.5 Å². The quantitative estimate of drug-likeness (QED) is 0.406. The van der Waals surface area contributed by atoms with E-state index < -0.39 is 4.92 Å². The van der Waals surface area contributed by atoms with Gasteiger partial charge in [-0.25, -0.2) is 0 Å². The molecular formula is C14H10N2O4. The Labute approximate surface area is 112 Å². The molecule has 0 saturated carbocycles. The highest BCUT2D eigenvalue weighted by Crippen LogP contribution is 2.25. The normalized spacial score (nSPS) is 10.8. The maximum atomic E-state index is 12.3. The summed E-state index contributed by atoms with van der Waals surface area (Å²) in [5.74, 6) is 0. The Morgan fingerprint density at radius 2 is 1.80 bits per heavy atom. The summed E-state index contributed by atoms with van der Waals surface area (Å²) in [7, 11) is 1.36. The molecule has 2 aromatic carbocycles. The van der Waals surface area contributed by atoms with Crippen LogP contribution in [-0.4, -0.2) is 16.8 Å². The van der Waals surface area contributed by atoms with Crippen LogP contribution in [0.5, 0.6) is 0 Å². The van der Waals surface area contributed by atoms with Gasteiger partial charge >= 0.3 is 0 Å². The molecule has 0 amide bonds. The predicted molar refractivity (Wildman–Crippen MR) is 74.9 cm³/mol. The first kappa shape index (κ1) is 12.2. The molecule has 0 spiro atoms. The summed E-state index contributed by atoms with van der Waals surface area (Å²) in [5, 5.41) is 12.9. The standard InChI is InChI=1S/C14H10N2O4/c1-20-15-13-8-9(16(18)19)6-7-11(13)10-4-2-3-5-12(10)14(15)17/h2-8H,1H3. The van der Waals surface area contributed by atoms with Crippen molar-refractivity contribution in [1.82, 2.24) is 4.73 Å². The number of fused-ring (bicyclic) bond motifs is 3. The Balaban J connectivity index is 2.57. The molecule has 0 radical (unpaired) electrons. The Morgan fingerprint density at radius 3 is 2.45 bits per heavy atom. The minimum Gasteiger partial charge on any atom is -0.413 e. The highest BCUT2D eigenvalue weighted by atomic mass is 16.6. The molecule has 1 aromatic heterocycles. The van der Waals surface area contributed by atoms with Crippen molar-refractivity contribution >= 4 is 27.4 Å². The summed E-state index contributed by atoms with van der Waals surface area (Å²) in [5.41, 5.74) is -0.0421. The van der Waals surface area contributed by atoms with Gasteiger partial charge < -0.3 is 4.84 Å². The average Bonchev–Trinajstić information content (AvgIpc) is 2.47. The van der Waals surface area contributed by atoms with Crippen LogP contribution in [0, 0.1) is 10.1 Å². The van der Waals surface area contributed by atoms with Crippen LogP contribution in [0.3, 0.4) is 0 Å². The maximum absolute atomic E-state index is 12.3. The third-order valence-electron chi connectivity index (χ3n) is 3.23.